The highest BCUT2D eigenvalue weighted by atomic mass is 32.2. The van der Waals surface area contributed by atoms with Gasteiger partial charge in [0.25, 0.3) is 0 Å². The molecule has 2 aromatic heterocycles. The van der Waals surface area contributed by atoms with Gasteiger partial charge < -0.3 is 5.32 Å². The van der Waals surface area contributed by atoms with E-state index in [1.165, 1.54) is 6.20 Å². The first-order chi connectivity index (χ1) is 9.97. The third-order valence-electron chi connectivity index (χ3n) is 3.12. The van der Waals surface area contributed by atoms with E-state index in [9.17, 15) is 8.42 Å². The van der Waals surface area contributed by atoms with Crippen LogP contribution in [0.3, 0.4) is 0 Å². The maximum Gasteiger partial charge on any atom is 0.244 e. The van der Waals surface area contributed by atoms with Gasteiger partial charge in [-0.2, -0.15) is 5.10 Å². The molecule has 114 valence electrons. The number of aryl methyl sites for hydroxylation is 2. The Labute approximate surface area is 124 Å². The van der Waals surface area contributed by atoms with Crippen molar-refractivity contribution in [2.45, 2.75) is 24.8 Å². The van der Waals surface area contributed by atoms with Crippen molar-refractivity contribution in [2.75, 3.05) is 12.4 Å². The van der Waals surface area contributed by atoms with Crippen molar-refractivity contribution in [3.05, 3.63) is 35.9 Å². The van der Waals surface area contributed by atoms with Gasteiger partial charge in [-0.15, -0.1) is 0 Å². The maximum absolute atomic E-state index is 12.4. The molecule has 0 aliphatic rings. The van der Waals surface area contributed by atoms with Crippen LogP contribution in [-0.2, 0) is 30.0 Å². The third-order valence-corrected chi connectivity index (χ3v) is 4.55. The first-order valence-electron chi connectivity index (χ1n) is 6.60. The average Bonchev–Trinajstić information content (AvgIpc) is 2.85. The predicted molar refractivity (Wildman–Crippen MR) is 80.4 cm³/mol. The maximum atomic E-state index is 12.4. The number of hydrogen-bond acceptors (Lipinski definition) is 5. The number of sulfonamides is 1. The molecule has 0 spiro atoms. The zero-order valence-electron chi connectivity index (χ0n) is 12.3. The second-order valence-corrected chi connectivity index (χ2v) is 6.31. The fourth-order valence-corrected chi connectivity index (χ4v) is 3.24. The Morgan fingerprint density at radius 3 is 2.81 bits per heavy atom. The van der Waals surface area contributed by atoms with Gasteiger partial charge >= 0.3 is 0 Å². The van der Waals surface area contributed by atoms with Crippen molar-refractivity contribution < 1.29 is 8.42 Å². The molecule has 0 bridgehead atoms. The van der Waals surface area contributed by atoms with E-state index >= 15 is 0 Å². The van der Waals surface area contributed by atoms with Crippen molar-refractivity contribution in [3.63, 3.8) is 0 Å². The van der Waals surface area contributed by atoms with Crippen molar-refractivity contribution in [1.29, 1.82) is 0 Å². The SMILES string of the molecule is CCc1nn(C)cc1CNS(=O)(=O)c1cnccc1NC. The van der Waals surface area contributed by atoms with Gasteiger partial charge in [0.2, 0.25) is 10.0 Å². The summed E-state index contributed by atoms with van der Waals surface area (Å²) in [5.41, 5.74) is 2.28. The molecule has 0 atom stereocenters. The van der Waals surface area contributed by atoms with Crippen LogP contribution in [-0.4, -0.2) is 30.2 Å². The van der Waals surface area contributed by atoms with Crippen LogP contribution in [0.5, 0.6) is 0 Å². The highest BCUT2D eigenvalue weighted by Gasteiger charge is 2.19. The summed E-state index contributed by atoms with van der Waals surface area (Å²) < 4.78 is 29.0. The van der Waals surface area contributed by atoms with Crippen molar-refractivity contribution in [3.8, 4) is 0 Å². The van der Waals surface area contributed by atoms with Crippen LogP contribution in [0.1, 0.15) is 18.2 Å². The number of nitrogens with one attached hydrogen (secondary N) is 2. The Hall–Kier alpha value is -1.93. The molecular weight excluding hydrogens is 290 g/mol. The lowest BCUT2D eigenvalue weighted by Crippen LogP contribution is -2.24. The fraction of sp³-hybridized carbons (Fsp3) is 0.385. The van der Waals surface area contributed by atoms with E-state index in [0.29, 0.717) is 5.69 Å². The molecule has 0 saturated carbocycles. The lowest BCUT2D eigenvalue weighted by Gasteiger charge is -2.10. The molecule has 2 rings (SSSR count). The molecule has 0 fully saturated rings. The Morgan fingerprint density at radius 1 is 1.38 bits per heavy atom. The molecule has 0 aliphatic carbocycles. The number of hydrogen-bond donors (Lipinski definition) is 2. The summed E-state index contributed by atoms with van der Waals surface area (Å²) in [5.74, 6) is 0. The van der Waals surface area contributed by atoms with Crippen LogP contribution < -0.4 is 10.0 Å². The second kappa shape index (κ2) is 6.23. The zero-order chi connectivity index (χ0) is 15.5. The van der Waals surface area contributed by atoms with E-state index < -0.39 is 10.0 Å². The number of aromatic nitrogens is 3. The Bertz CT molecular complexity index is 724. The summed E-state index contributed by atoms with van der Waals surface area (Å²) in [7, 11) is -0.141. The molecule has 21 heavy (non-hydrogen) atoms. The molecule has 0 radical (unpaired) electrons. The molecule has 0 aliphatic heterocycles. The average molecular weight is 309 g/mol. The van der Waals surface area contributed by atoms with E-state index in [2.05, 4.69) is 20.1 Å². The minimum atomic E-state index is -3.63. The monoisotopic (exact) mass is 309 g/mol. The minimum absolute atomic E-state index is 0.134. The first kappa shape index (κ1) is 15.5. The molecule has 0 amide bonds. The van der Waals surface area contributed by atoms with E-state index in [1.807, 2.05) is 20.2 Å². The summed E-state index contributed by atoms with van der Waals surface area (Å²) in [5, 5.41) is 7.14. The molecule has 7 nitrogen and oxygen atoms in total. The molecule has 2 N–H and O–H groups in total. The van der Waals surface area contributed by atoms with E-state index in [4.69, 9.17) is 0 Å². The van der Waals surface area contributed by atoms with E-state index in [-0.39, 0.29) is 11.4 Å². The van der Waals surface area contributed by atoms with Gasteiger partial charge in [0.15, 0.2) is 0 Å². The van der Waals surface area contributed by atoms with Crippen LogP contribution in [0.2, 0.25) is 0 Å². The number of nitrogens with zero attached hydrogens (tertiary/aromatic N) is 3. The van der Waals surface area contributed by atoms with Gasteiger partial charge in [0.05, 0.1) is 11.4 Å². The number of rotatable bonds is 6. The molecule has 0 aromatic carbocycles. The predicted octanol–water partition coefficient (Wildman–Crippen LogP) is 0.898. The van der Waals surface area contributed by atoms with Crippen LogP contribution in [0.4, 0.5) is 5.69 Å². The number of anilines is 1. The normalized spacial score (nSPS) is 11.6. The Balaban J connectivity index is 2.22. The third kappa shape index (κ3) is 3.40. The Kier molecular flexibility index (Phi) is 4.59. The summed E-state index contributed by atoms with van der Waals surface area (Å²) in [6.45, 7) is 2.19. The summed E-state index contributed by atoms with van der Waals surface area (Å²) in [4.78, 5) is 4.01. The second-order valence-electron chi connectivity index (χ2n) is 4.57. The van der Waals surface area contributed by atoms with Crippen molar-refractivity contribution in [2.24, 2.45) is 7.05 Å². The molecule has 8 heteroatoms. The molecule has 2 heterocycles. The summed E-state index contributed by atoms with van der Waals surface area (Å²) in [6.07, 6.45) is 5.45. The van der Waals surface area contributed by atoms with Crippen LogP contribution in [0.15, 0.2) is 29.6 Å². The topological polar surface area (TPSA) is 88.9 Å². The van der Waals surface area contributed by atoms with Gasteiger partial charge in [0, 0.05) is 44.8 Å². The fourth-order valence-electron chi connectivity index (χ4n) is 2.08. The standard InChI is InChI=1S/C13H19N5O2S/c1-4-11-10(9-18(3)17-11)7-16-21(19,20)13-8-15-6-5-12(13)14-2/h5-6,8-9,16H,4,7H2,1-3H3,(H,14,15). The van der Waals surface area contributed by atoms with Crippen LogP contribution in [0, 0.1) is 0 Å². The van der Waals surface area contributed by atoms with E-state index in [0.717, 1.165) is 17.7 Å². The smallest absolute Gasteiger partial charge is 0.244 e. The van der Waals surface area contributed by atoms with Crippen LogP contribution in [0.25, 0.3) is 0 Å². The Morgan fingerprint density at radius 2 is 2.14 bits per heavy atom. The lowest BCUT2D eigenvalue weighted by atomic mass is 10.2. The zero-order valence-corrected chi connectivity index (χ0v) is 13.1. The van der Waals surface area contributed by atoms with Gasteiger partial charge in [0.1, 0.15) is 4.90 Å². The van der Waals surface area contributed by atoms with Gasteiger partial charge in [-0.05, 0) is 12.5 Å². The first-order valence-corrected chi connectivity index (χ1v) is 8.09. The van der Waals surface area contributed by atoms with Crippen LogP contribution >= 0.6 is 0 Å². The summed E-state index contributed by atoms with van der Waals surface area (Å²) >= 11 is 0. The number of pyridine rings is 1. The molecular formula is C13H19N5O2S. The van der Waals surface area contributed by atoms with Gasteiger partial charge in [-0.3, -0.25) is 9.67 Å². The largest absolute Gasteiger partial charge is 0.387 e. The lowest BCUT2D eigenvalue weighted by molar-refractivity contribution is 0.581. The summed E-state index contributed by atoms with van der Waals surface area (Å²) in [6, 6.07) is 1.62. The minimum Gasteiger partial charge on any atom is -0.387 e. The molecule has 0 saturated heterocycles. The molecule has 0 unspecified atom stereocenters. The van der Waals surface area contributed by atoms with Crippen molar-refractivity contribution >= 4 is 15.7 Å². The highest BCUT2D eigenvalue weighted by Crippen LogP contribution is 2.19. The highest BCUT2D eigenvalue weighted by molar-refractivity contribution is 7.89. The van der Waals surface area contributed by atoms with E-state index in [1.54, 1.807) is 24.0 Å². The molecule has 2 aromatic rings. The quantitative estimate of drug-likeness (QED) is 0.827. The van der Waals surface area contributed by atoms with Gasteiger partial charge in [-0.25, -0.2) is 13.1 Å². The van der Waals surface area contributed by atoms with Crippen molar-refractivity contribution in [1.82, 2.24) is 19.5 Å². The van der Waals surface area contributed by atoms with Gasteiger partial charge in [-0.1, -0.05) is 6.92 Å².